The number of nitrogens with zero attached hydrogens (tertiary/aromatic N) is 1. The van der Waals surface area contributed by atoms with Crippen molar-refractivity contribution in [2.24, 2.45) is 0 Å². The van der Waals surface area contributed by atoms with Gasteiger partial charge < -0.3 is 5.11 Å². The molecule has 2 nitrogen and oxygen atoms in total. The van der Waals surface area contributed by atoms with Crippen LogP contribution < -0.4 is 0 Å². The van der Waals surface area contributed by atoms with Crippen LogP contribution in [-0.4, -0.2) is 10.1 Å². The van der Waals surface area contributed by atoms with Crippen molar-refractivity contribution in [2.75, 3.05) is 0 Å². The van der Waals surface area contributed by atoms with Crippen LogP contribution in [0.25, 0.3) is 0 Å². The van der Waals surface area contributed by atoms with E-state index in [2.05, 4.69) is 23.7 Å². The minimum absolute atomic E-state index is 0.257. The molecule has 0 aliphatic rings. The van der Waals surface area contributed by atoms with E-state index in [1.807, 2.05) is 12.1 Å². The molecule has 0 radical (unpaired) electrons. The van der Waals surface area contributed by atoms with E-state index in [1.165, 1.54) is 0 Å². The lowest BCUT2D eigenvalue weighted by atomic mass is 10.1. The van der Waals surface area contributed by atoms with Crippen molar-refractivity contribution in [3.8, 4) is 17.6 Å². The fourth-order valence-corrected chi connectivity index (χ4v) is 1.44. The van der Waals surface area contributed by atoms with Crippen LogP contribution in [0.15, 0.2) is 42.6 Å². The van der Waals surface area contributed by atoms with Crippen molar-refractivity contribution in [2.45, 2.75) is 13.3 Å². The van der Waals surface area contributed by atoms with Gasteiger partial charge in [0.15, 0.2) is 0 Å². The fourth-order valence-electron chi connectivity index (χ4n) is 1.44. The second-order valence-corrected chi connectivity index (χ2v) is 3.69. The summed E-state index contributed by atoms with van der Waals surface area (Å²) in [5.74, 6) is 6.39. The molecule has 84 valence electrons. The van der Waals surface area contributed by atoms with Crippen LogP contribution in [0, 0.1) is 11.8 Å². The van der Waals surface area contributed by atoms with Crippen LogP contribution in [0.5, 0.6) is 5.75 Å². The highest BCUT2D eigenvalue weighted by Crippen LogP contribution is 2.08. The SMILES string of the molecule is CCc1cc(C#Cc2ccc(O)cc2)ccn1. The van der Waals surface area contributed by atoms with E-state index in [4.69, 9.17) is 5.11 Å². The number of aromatic hydroxyl groups is 1. The third-order valence-electron chi connectivity index (χ3n) is 2.40. The van der Waals surface area contributed by atoms with Crippen LogP contribution in [0.3, 0.4) is 0 Å². The molecule has 0 aliphatic heterocycles. The molecule has 2 rings (SSSR count). The van der Waals surface area contributed by atoms with Gasteiger partial charge in [-0.2, -0.15) is 0 Å². The van der Waals surface area contributed by atoms with Crippen molar-refractivity contribution >= 4 is 0 Å². The van der Waals surface area contributed by atoms with Crippen molar-refractivity contribution in [1.29, 1.82) is 0 Å². The van der Waals surface area contributed by atoms with E-state index in [0.717, 1.165) is 23.2 Å². The molecule has 2 aromatic rings. The Balaban J connectivity index is 2.23. The zero-order chi connectivity index (χ0) is 12.1. The Labute approximate surface area is 101 Å². The lowest BCUT2D eigenvalue weighted by molar-refractivity contribution is 0.475. The number of benzene rings is 1. The topological polar surface area (TPSA) is 33.1 Å². The van der Waals surface area contributed by atoms with Crippen LogP contribution in [0.2, 0.25) is 0 Å². The molecule has 1 N–H and O–H groups in total. The summed E-state index contributed by atoms with van der Waals surface area (Å²) < 4.78 is 0. The summed E-state index contributed by atoms with van der Waals surface area (Å²) in [5.41, 5.74) is 2.89. The van der Waals surface area contributed by atoms with E-state index in [0.29, 0.717) is 0 Å². The summed E-state index contributed by atoms with van der Waals surface area (Å²) in [6.45, 7) is 2.07. The van der Waals surface area contributed by atoms with Gasteiger partial charge in [0.25, 0.3) is 0 Å². The molecular weight excluding hydrogens is 210 g/mol. The summed E-state index contributed by atoms with van der Waals surface area (Å²) in [6, 6.07) is 10.7. The maximum Gasteiger partial charge on any atom is 0.115 e. The molecule has 1 aromatic heterocycles. The predicted molar refractivity (Wildman–Crippen MR) is 67.7 cm³/mol. The molecule has 0 atom stereocenters. The molecule has 0 bridgehead atoms. The number of pyridine rings is 1. The highest BCUT2D eigenvalue weighted by molar-refractivity contribution is 5.44. The first kappa shape index (κ1) is 11.2. The molecule has 0 amide bonds. The number of aromatic nitrogens is 1. The second kappa shape index (κ2) is 5.18. The zero-order valence-corrected chi connectivity index (χ0v) is 9.64. The highest BCUT2D eigenvalue weighted by Gasteiger charge is 1.92. The van der Waals surface area contributed by atoms with Crippen LogP contribution in [-0.2, 0) is 6.42 Å². The van der Waals surface area contributed by atoms with E-state index in [-0.39, 0.29) is 5.75 Å². The van der Waals surface area contributed by atoms with E-state index < -0.39 is 0 Å². The smallest absolute Gasteiger partial charge is 0.115 e. The number of phenols is 1. The highest BCUT2D eigenvalue weighted by atomic mass is 16.3. The minimum atomic E-state index is 0.257. The third kappa shape index (κ3) is 3.09. The average Bonchev–Trinajstić information content (AvgIpc) is 2.38. The Hall–Kier alpha value is -2.27. The van der Waals surface area contributed by atoms with Gasteiger partial charge in [-0.05, 0) is 42.8 Å². The van der Waals surface area contributed by atoms with Gasteiger partial charge >= 0.3 is 0 Å². The van der Waals surface area contributed by atoms with Crippen molar-refractivity contribution < 1.29 is 5.11 Å². The third-order valence-corrected chi connectivity index (χ3v) is 2.40. The fraction of sp³-hybridized carbons (Fsp3) is 0.133. The first-order valence-electron chi connectivity index (χ1n) is 5.54. The molecule has 0 saturated heterocycles. The van der Waals surface area contributed by atoms with Crippen molar-refractivity contribution in [3.63, 3.8) is 0 Å². The Morgan fingerprint density at radius 3 is 2.47 bits per heavy atom. The van der Waals surface area contributed by atoms with Crippen LogP contribution in [0.4, 0.5) is 0 Å². The quantitative estimate of drug-likeness (QED) is 0.754. The summed E-state index contributed by atoms with van der Waals surface area (Å²) in [4.78, 5) is 4.22. The Morgan fingerprint density at radius 1 is 1.06 bits per heavy atom. The summed E-state index contributed by atoms with van der Waals surface area (Å²) >= 11 is 0. The largest absolute Gasteiger partial charge is 0.508 e. The molecule has 17 heavy (non-hydrogen) atoms. The lowest BCUT2D eigenvalue weighted by Gasteiger charge is -1.95. The summed E-state index contributed by atoms with van der Waals surface area (Å²) in [5, 5.41) is 9.15. The molecule has 2 heteroatoms. The molecule has 1 heterocycles. The minimum Gasteiger partial charge on any atom is -0.508 e. The predicted octanol–water partition coefficient (Wildman–Crippen LogP) is 2.75. The monoisotopic (exact) mass is 223 g/mol. The van der Waals surface area contributed by atoms with Crippen molar-refractivity contribution in [3.05, 3.63) is 59.4 Å². The number of rotatable bonds is 1. The Morgan fingerprint density at radius 2 is 1.76 bits per heavy atom. The maximum atomic E-state index is 9.15. The molecule has 1 aromatic carbocycles. The summed E-state index contributed by atoms with van der Waals surface area (Å²) in [6.07, 6.45) is 2.69. The second-order valence-electron chi connectivity index (χ2n) is 3.69. The molecule has 0 saturated carbocycles. The van der Waals surface area contributed by atoms with Gasteiger partial charge in [-0.15, -0.1) is 0 Å². The summed E-state index contributed by atoms with van der Waals surface area (Å²) in [7, 11) is 0. The zero-order valence-electron chi connectivity index (χ0n) is 9.64. The van der Waals surface area contributed by atoms with E-state index >= 15 is 0 Å². The Bertz CT molecular complexity index is 561. The van der Waals surface area contributed by atoms with Crippen molar-refractivity contribution in [1.82, 2.24) is 4.98 Å². The molecule has 0 fully saturated rings. The molecule has 0 aliphatic carbocycles. The maximum absolute atomic E-state index is 9.15. The average molecular weight is 223 g/mol. The molecule has 0 spiro atoms. The van der Waals surface area contributed by atoms with Crippen LogP contribution >= 0.6 is 0 Å². The van der Waals surface area contributed by atoms with E-state index in [1.54, 1.807) is 30.5 Å². The number of hydrogen-bond acceptors (Lipinski definition) is 2. The molecular formula is C15H13NO. The number of phenolic OH excluding ortho intramolecular Hbond substituents is 1. The standard InChI is InChI=1S/C15H13NO/c1-2-14-11-13(9-10-16-14)4-3-12-5-7-15(17)8-6-12/h5-11,17H,2H2,1H3. The van der Waals surface area contributed by atoms with Gasteiger partial charge in [0.2, 0.25) is 0 Å². The Kier molecular flexibility index (Phi) is 3.42. The van der Waals surface area contributed by atoms with Gasteiger partial charge in [-0.3, -0.25) is 4.98 Å². The molecule has 0 unspecified atom stereocenters. The number of hydrogen-bond donors (Lipinski definition) is 1. The van der Waals surface area contributed by atoms with E-state index in [9.17, 15) is 0 Å². The first-order valence-corrected chi connectivity index (χ1v) is 5.54. The van der Waals surface area contributed by atoms with Gasteiger partial charge in [0.05, 0.1) is 0 Å². The van der Waals surface area contributed by atoms with Gasteiger partial charge in [-0.1, -0.05) is 18.8 Å². The van der Waals surface area contributed by atoms with Gasteiger partial charge in [-0.25, -0.2) is 0 Å². The number of aryl methyl sites for hydroxylation is 1. The van der Waals surface area contributed by atoms with Gasteiger partial charge in [0, 0.05) is 23.0 Å². The van der Waals surface area contributed by atoms with Gasteiger partial charge in [0.1, 0.15) is 5.75 Å². The lowest BCUT2D eigenvalue weighted by Crippen LogP contribution is -1.86. The van der Waals surface area contributed by atoms with Crippen LogP contribution in [0.1, 0.15) is 23.7 Å². The normalized spacial score (nSPS) is 9.47. The first-order chi connectivity index (χ1) is 8.28.